The number of hydrogen-bond acceptors (Lipinski definition) is 3. The van der Waals surface area contributed by atoms with Crippen molar-refractivity contribution in [2.24, 2.45) is 0 Å². The van der Waals surface area contributed by atoms with E-state index < -0.39 is 0 Å². The summed E-state index contributed by atoms with van der Waals surface area (Å²) in [4.78, 5) is 0. The van der Waals surface area contributed by atoms with Crippen molar-refractivity contribution in [3.63, 3.8) is 0 Å². The minimum Gasteiger partial charge on any atom is -0.309 e. The van der Waals surface area contributed by atoms with Gasteiger partial charge in [0.05, 0.1) is 57.1 Å². The third kappa shape index (κ3) is 4.74. The molecule has 5 aromatic carbocycles. The van der Waals surface area contributed by atoms with Crippen LogP contribution in [0.25, 0.3) is 61.3 Å². The molecule has 5 nitrogen and oxygen atoms in total. The van der Waals surface area contributed by atoms with Crippen molar-refractivity contribution in [3.8, 4) is 29.6 Å². The van der Waals surface area contributed by atoms with Gasteiger partial charge in [0, 0.05) is 33.1 Å². The minimum absolute atomic E-state index is 0.595. The van der Waals surface area contributed by atoms with Crippen LogP contribution >= 0.6 is 0 Å². The summed E-state index contributed by atoms with van der Waals surface area (Å²) in [5, 5.41) is 33.6. The Morgan fingerprint density at radius 3 is 2.20 bits per heavy atom. The third-order valence-electron chi connectivity index (χ3n) is 10.2. The lowest BCUT2D eigenvalue weighted by molar-refractivity contribution is 0.966. The number of para-hydroxylation sites is 2. The molecular formula is C46H29N5. The molecule has 0 unspecified atom stereocenters. The fraction of sp³-hybridized carbons (Fsp3) is 0.0652. The van der Waals surface area contributed by atoms with Gasteiger partial charge in [0.25, 0.3) is 0 Å². The van der Waals surface area contributed by atoms with Gasteiger partial charge in [-0.1, -0.05) is 72.8 Å². The van der Waals surface area contributed by atoms with Crippen molar-refractivity contribution in [2.45, 2.75) is 19.3 Å². The summed E-state index contributed by atoms with van der Waals surface area (Å²) in [6.07, 6.45) is 15.5. The van der Waals surface area contributed by atoms with E-state index >= 15 is 0 Å². The SMILES string of the molecule is N#Cc1ccc2c(c1)c1ccccc1n2-c1ccc(C#N)c(C2=CC=C(c3c(C#N)cccc3-n3c4c(c5ccccc53)CCC=C4)C=CC2)c1. The first-order chi connectivity index (χ1) is 25.2. The molecule has 7 aromatic rings. The van der Waals surface area contributed by atoms with Gasteiger partial charge in [0.1, 0.15) is 0 Å². The first-order valence-electron chi connectivity index (χ1n) is 17.1. The van der Waals surface area contributed by atoms with E-state index in [9.17, 15) is 15.8 Å². The number of aromatic nitrogens is 2. The number of nitrogens with zero attached hydrogens (tertiary/aromatic N) is 5. The highest BCUT2D eigenvalue weighted by atomic mass is 15.0. The molecule has 51 heavy (non-hydrogen) atoms. The second-order valence-corrected chi connectivity index (χ2v) is 12.9. The Bertz CT molecular complexity index is 2860. The lowest BCUT2D eigenvalue weighted by Crippen LogP contribution is -2.05. The predicted molar refractivity (Wildman–Crippen MR) is 205 cm³/mol. The van der Waals surface area contributed by atoms with Gasteiger partial charge >= 0.3 is 0 Å². The molecule has 0 spiro atoms. The Kier molecular flexibility index (Phi) is 7.10. The molecule has 5 heteroatoms. The van der Waals surface area contributed by atoms with Crippen LogP contribution in [0.5, 0.6) is 0 Å². The van der Waals surface area contributed by atoms with Crippen molar-refractivity contribution in [2.75, 3.05) is 0 Å². The number of hydrogen-bond donors (Lipinski definition) is 0. The average Bonchev–Trinajstić information content (AvgIpc) is 3.58. The van der Waals surface area contributed by atoms with Crippen LogP contribution in [0.1, 0.15) is 51.9 Å². The Morgan fingerprint density at radius 1 is 0.588 bits per heavy atom. The molecule has 0 saturated heterocycles. The first-order valence-corrected chi connectivity index (χ1v) is 17.1. The summed E-state index contributed by atoms with van der Waals surface area (Å²) >= 11 is 0. The van der Waals surface area contributed by atoms with Crippen molar-refractivity contribution in [3.05, 3.63) is 173 Å². The molecule has 0 amide bonds. The number of benzene rings is 5. The molecular weight excluding hydrogens is 623 g/mol. The van der Waals surface area contributed by atoms with Crippen LogP contribution in [0.2, 0.25) is 0 Å². The standard InChI is InChI=1S/C46H29N5/c47-27-30-19-24-44-40(25-30)38-14-3-4-15-41(38)50(44)35-23-22-33(28-48)39(26-35)31-9-7-10-32(21-20-31)46-34(29-49)11-8-18-45(46)51-42-16-5-1-12-36(42)37-13-2-6-17-43(37)51/h1,3-8,10-12,14-26H,2,9,13H2. The summed E-state index contributed by atoms with van der Waals surface area (Å²) < 4.78 is 4.51. The van der Waals surface area contributed by atoms with Gasteiger partial charge in [-0.2, -0.15) is 15.8 Å². The summed E-state index contributed by atoms with van der Waals surface area (Å²) in [5.41, 5.74) is 13.1. The Labute approximate surface area is 295 Å². The largest absolute Gasteiger partial charge is 0.309 e. The number of rotatable bonds is 4. The van der Waals surface area contributed by atoms with Gasteiger partial charge in [-0.25, -0.2) is 0 Å². The third-order valence-corrected chi connectivity index (χ3v) is 10.2. The maximum atomic E-state index is 10.4. The lowest BCUT2D eigenvalue weighted by atomic mass is 9.96. The highest BCUT2D eigenvalue weighted by molar-refractivity contribution is 6.09. The van der Waals surface area contributed by atoms with Crippen LogP contribution in [0.3, 0.4) is 0 Å². The zero-order valence-corrected chi connectivity index (χ0v) is 27.6. The quantitative estimate of drug-likeness (QED) is 0.190. The van der Waals surface area contributed by atoms with Crippen molar-refractivity contribution >= 4 is 49.9 Å². The lowest BCUT2D eigenvalue weighted by Gasteiger charge is -2.17. The predicted octanol–water partition coefficient (Wildman–Crippen LogP) is 10.7. The number of fused-ring (bicyclic) bond motifs is 6. The summed E-state index contributed by atoms with van der Waals surface area (Å²) in [6, 6.07) is 41.7. The van der Waals surface area contributed by atoms with Crippen LogP contribution in [-0.2, 0) is 6.42 Å². The van der Waals surface area contributed by atoms with E-state index in [-0.39, 0.29) is 0 Å². The maximum absolute atomic E-state index is 10.4. The maximum Gasteiger partial charge on any atom is 0.0998 e. The molecule has 0 aliphatic heterocycles. The van der Waals surface area contributed by atoms with Crippen molar-refractivity contribution in [1.82, 2.24) is 9.13 Å². The molecule has 0 saturated carbocycles. The number of allylic oxidation sites excluding steroid dienone is 7. The minimum atomic E-state index is 0.595. The second-order valence-electron chi connectivity index (χ2n) is 12.9. The molecule has 0 N–H and O–H groups in total. The van der Waals surface area contributed by atoms with Crippen molar-refractivity contribution < 1.29 is 0 Å². The van der Waals surface area contributed by atoms with Crippen LogP contribution < -0.4 is 0 Å². The zero-order chi connectivity index (χ0) is 34.5. The van der Waals surface area contributed by atoms with Crippen molar-refractivity contribution in [1.29, 1.82) is 15.8 Å². The van der Waals surface area contributed by atoms with Gasteiger partial charge in [-0.3, -0.25) is 0 Å². The van der Waals surface area contributed by atoms with Gasteiger partial charge in [0.15, 0.2) is 0 Å². The fourth-order valence-corrected chi connectivity index (χ4v) is 7.92. The number of nitriles is 3. The van der Waals surface area contributed by atoms with E-state index in [1.54, 1.807) is 0 Å². The molecule has 0 bridgehead atoms. The molecule has 0 atom stereocenters. The van der Waals surface area contributed by atoms with E-state index in [1.807, 2.05) is 54.6 Å². The summed E-state index contributed by atoms with van der Waals surface area (Å²) in [5.74, 6) is 0. The van der Waals surface area contributed by atoms with Gasteiger partial charge in [-0.05, 0) is 108 Å². The fourth-order valence-electron chi connectivity index (χ4n) is 7.92. The van der Waals surface area contributed by atoms with E-state index in [2.05, 4.69) is 112 Å². The second kappa shape index (κ2) is 12.1. The van der Waals surface area contributed by atoms with E-state index in [0.29, 0.717) is 23.1 Å². The van der Waals surface area contributed by atoms with E-state index in [1.165, 1.54) is 10.9 Å². The molecule has 2 aromatic heterocycles. The molecule has 9 rings (SSSR count). The molecule has 0 radical (unpaired) electrons. The van der Waals surface area contributed by atoms with E-state index in [0.717, 1.165) is 79.5 Å². The van der Waals surface area contributed by atoms with Crippen LogP contribution in [0, 0.1) is 34.0 Å². The molecule has 238 valence electrons. The van der Waals surface area contributed by atoms with Gasteiger partial charge < -0.3 is 9.13 Å². The highest BCUT2D eigenvalue weighted by Crippen LogP contribution is 2.39. The van der Waals surface area contributed by atoms with E-state index in [4.69, 9.17) is 0 Å². The monoisotopic (exact) mass is 651 g/mol. The molecule has 2 aliphatic carbocycles. The number of aryl methyl sites for hydroxylation is 1. The zero-order valence-electron chi connectivity index (χ0n) is 27.6. The first kappa shape index (κ1) is 30.0. The molecule has 2 heterocycles. The Hall–Kier alpha value is -7.13. The van der Waals surface area contributed by atoms with Gasteiger partial charge in [-0.15, -0.1) is 0 Å². The van der Waals surface area contributed by atoms with Gasteiger partial charge in [0.2, 0.25) is 0 Å². The normalized spacial score (nSPS) is 13.7. The van der Waals surface area contributed by atoms with Crippen LogP contribution in [0.4, 0.5) is 0 Å². The Morgan fingerprint density at radius 2 is 1.37 bits per heavy atom. The summed E-state index contributed by atoms with van der Waals surface area (Å²) in [7, 11) is 0. The highest BCUT2D eigenvalue weighted by Gasteiger charge is 2.23. The van der Waals surface area contributed by atoms with Crippen LogP contribution in [-0.4, -0.2) is 9.13 Å². The topological polar surface area (TPSA) is 81.2 Å². The Balaban J connectivity index is 1.21. The molecule has 0 fully saturated rings. The molecule has 2 aliphatic rings. The summed E-state index contributed by atoms with van der Waals surface area (Å²) in [6.45, 7) is 0. The average molecular weight is 652 g/mol. The van der Waals surface area contributed by atoms with Crippen LogP contribution in [0.15, 0.2) is 134 Å². The smallest absolute Gasteiger partial charge is 0.0998 e.